The Morgan fingerprint density at radius 1 is 1.47 bits per heavy atom. The molecular weight excluding hydrogens is 294 g/mol. The average Bonchev–Trinajstić information content (AvgIpc) is 3.01. The van der Waals surface area contributed by atoms with Crippen LogP contribution in [0.2, 0.25) is 0 Å². The molecule has 0 atom stereocenters. The zero-order valence-electron chi connectivity index (χ0n) is 9.72. The van der Waals surface area contributed by atoms with Gasteiger partial charge in [-0.2, -0.15) is 5.26 Å². The Kier molecular flexibility index (Phi) is 3.28. The molecule has 1 fully saturated rings. The molecule has 1 aliphatic carbocycles. The molecule has 2 rings (SSSR count). The molecule has 9 heteroatoms. The van der Waals surface area contributed by atoms with Crippen LogP contribution in [0.15, 0.2) is 20.7 Å². The summed E-state index contributed by atoms with van der Waals surface area (Å²) in [7, 11) is 0.904. The highest BCUT2D eigenvalue weighted by atomic mass is 35.7. The van der Waals surface area contributed by atoms with Gasteiger partial charge in [-0.1, -0.05) is 0 Å². The smallest absolute Gasteiger partial charge is 0.299 e. The number of rotatable bonds is 4. The topological polar surface area (TPSA) is 113 Å². The van der Waals surface area contributed by atoms with Gasteiger partial charge in [-0.3, -0.25) is 14.3 Å². The summed E-state index contributed by atoms with van der Waals surface area (Å²) in [5.74, 6) is 0. The lowest BCUT2D eigenvalue weighted by molar-refractivity contribution is 0.415. The summed E-state index contributed by atoms with van der Waals surface area (Å²) in [5.41, 5.74) is -2.05. The van der Waals surface area contributed by atoms with Crippen molar-refractivity contribution >= 4 is 19.7 Å². The first-order valence-electron chi connectivity index (χ1n) is 5.43. The molecule has 0 bridgehead atoms. The summed E-state index contributed by atoms with van der Waals surface area (Å²) in [4.78, 5) is 24.2. The van der Waals surface area contributed by atoms with Gasteiger partial charge < -0.3 is 0 Å². The normalized spacial score (nSPS) is 16.8. The lowest BCUT2D eigenvalue weighted by Crippen LogP contribution is -2.34. The van der Waals surface area contributed by atoms with Gasteiger partial charge in [0.05, 0.1) is 6.07 Å². The fraction of sp³-hybridized carbons (Fsp3) is 0.500. The number of nitriles is 1. The second kappa shape index (κ2) is 4.51. The van der Waals surface area contributed by atoms with Crippen LogP contribution in [0.1, 0.15) is 19.3 Å². The zero-order chi connectivity index (χ0) is 14.3. The Labute approximate surface area is 112 Å². The molecule has 1 N–H and O–H groups in total. The van der Waals surface area contributed by atoms with E-state index in [9.17, 15) is 18.0 Å². The molecule has 19 heavy (non-hydrogen) atoms. The van der Waals surface area contributed by atoms with Crippen molar-refractivity contribution in [2.24, 2.45) is 5.41 Å². The molecule has 102 valence electrons. The van der Waals surface area contributed by atoms with E-state index in [2.05, 4.69) is 0 Å². The molecule has 1 aliphatic rings. The monoisotopic (exact) mass is 303 g/mol. The third-order valence-electron chi connectivity index (χ3n) is 3.16. The molecule has 7 nitrogen and oxygen atoms in total. The van der Waals surface area contributed by atoms with Gasteiger partial charge in [0.1, 0.15) is 0 Å². The number of halogens is 1. The van der Waals surface area contributed by atoms with Gasteiger partial charge in [0, 0.05) is 35.3 Å². The number of nitrogens with one attached hydrogen (secondary N) is 1. The number of aromatic nitrogens is 2. The van der Waals surface area contributed by atoms with Crippen LogP contribution in [-0.4, -0.2) is 18.0 Å². The van der Waals surface area contributed by atoms with Gasteiger partial charge in [0.15, 0.2) is 4.90 Å². The minimum atomic E-state index is -4.22. The van der Waals surface area contributed by atoms with E-state index in [0.29, 0.717) is 0 Å². The van der Waals surface area contributed by atoms with E-state index in [0.717, 1.165) is 23.6 Å². The van der Waals surface area contributed by atoms with Crippen molar-refractivity contribution < 1.29 is 8.42 Å². The van der Waals surface area contributed by atoms with E-state index in [4.69, 9.17) is 15.9 Å². The van der Waals surface area contributed by atoms with Gasteiger partial charge in [-0.15, -0.1) is 0 Å². The molecule has 0 saturated heterocycles. The Hall–Kier alpha value is -1.59. The maximum atomic E-state index is 11.6. The SMILES string of the molecule is N#CCC1(Cn2cc(S(=O)(=O)Cl)c(=O)[nH]c2=O)CC1. The molecule has 1 aromatic heterocycles. The van der Waals surface area contributed by atoms with Crippen LogP contribution in [0.4, 0.5) is 0 Å². The molecule has 0 amide bonds. The quantitative estimate of drug-likeness (QED) is 0.796. The maximum absolute atomic E-state index is 11.6. The van der Waals surface area contributed by atoms with Gasteiger partial charge in [0.2, 0.25) is 0 Å². The van der Waals surface area contributed by atoms with Gasteiger partial charge in [-0.05, 0) is 12.8 Å². The molecule has 0 unspecified atom stereocenters. The van der Waals surface area contributed by atoms with Crippen LogP contribution in [0.5, 0.6) is 0 Å². The number of nitrogens with zero attached hydrogens (tertiary/aromatic N) is 2. The molecule has 1 saturated carbocycles. The lowest BCUT2D eigenvalue weighted by Gasteiger charge is -2.13. The van der Waals surface area contributed by atoms with E-state index < -0.39 is 25.2 Å². The van der Waals surface area contributed by atoms with E-state index in [1.54, 1.807) is 0 Å². The van der Waals surface area contributed by atoms with Crippen LogP contribution >= 0.6 is 10.7 Å². The van der Waals surface area contributed by atoms with Crippen LogP contribution in [0.25, 0.3) is 0 Å². The van der Waals surface area contributed by atoms with Gasteiger partial charge >= 0.3 is 5.69 Å². The van der Waals surface area contributed by atoms with Crippen LogP contribution in [0.3, 0.4) is 0 Å². The van der Waals surface area contributed by atoms with Gasteiger partial charge in [0.25, 0.3) is 14.6 Å². The lowest BCUT2D eigenvalue weighted by atomic mass is 10.0. The Balaban J connectivity index is 2.46. The zero-order valence-corrected chi connectivity index (χ0v) is 11.3. The molecular formula is C10H10ClN3O4S. The summed E-state index contributed by atoms with van der Waals surface area (Å²) >= 11 is 0. The second-order valence-electron chi connectivity index (χ2n) is 4.65. The van der Waals surface area contributed by atoms with Crippen molar-refractivity contribution in [2.45, 2.75) is 30.7 Å². The van der Waals surface area contributed by atoms with Gasteiger partial charge in [-0.25, -0.2) is 13.2 Å². The number of hydrogen-bond donors (Lipinski definition) is 1. The third-order valence-corrected chi connectivity index (χ3v) is 4.47. The van der Waals surface area contributed by atoms with Crippen LogP contribution in [-0.2, 0) is 15.6 Å². The highest BCUT2D eigenvalue weighted by Crippen LogP contribution is 2.49. The summed E-state index contributed by atoms with van der Waals surface area (Å²) in [6.07, 6.45) is 2.78. The van der Waals surface area contributed by atoms with Crippen LogP contribution in [0, 0.1) is 16.7 Å². The fourth-order valence-corrected chi connectivity index (χ4v) is 2.73. The third kappa shape index (κ3) is 2.88. The Bertz CT molecular complexity index is 767. The molecule has 0 aromatic carbocycles. The van der Waals surface area contributed by atoms with Crippen molar-refractivity contribution in [2.75, 3.05) is 0 Å². The minimum absolute atomic E-state index is 0.190. The number of H-pyrrole nitrogens is 1. The highest BCUT2D eigenvalue weighted by Gasteiger charge is 2.43. The predicted octanol–water partition coefficient (Wildman–Crippen LogP) is 0.158. The van der Waals surface area contributed by atoms with Crippen molar-refractivity contribution in [3.8, 4) is 6.07 Å². The summed E-state index contributed by atoms with van der Waals surface area (Å²) in [6.45, 7) is 0.190. The first kappa shape index (κ1) is 13.8. The van der Waals surface area contributed by atoms with Crippen molar-refractivity contribution in [3.05, 3.63) is 27.0 Å². The number of hydrogen-bond acceptors (Lipinski definition) is 5. The van der Waals surface area contributed by atoms with E-state index in [1.165, 1.54) is 0 Å². The van der Waals surface area contributed by atoms with E-state index >= 15 is 0 Å². The molecule has 0 aliphatic heterocycles. The van der Waals surface area contributed by atoms with E-state index in [-0.39, 0.29) is 18.4 Å². The highest BCUT2D eigenvalue weighted by molar-refractivity contribution is 8.13. The molecule has 0 spiro atoms. The largest absolute Gasteiger partial charge is 0.328 e. The molecule has 1 heterocycles. The van der Waals surface area contributed by atoms with Crippen molar-refractivity contribution in [3.63, 3.8) is 0 Å². The predicted molar refractivity (Wildman–Crippen MR) is 66.3 cm³/mol. The number of aromatic amines is 1. The second-order valence-corrected chi connectivity index (χ2v) is 7.19. The minimum Gasteiger partial charge on any atom is -0.299 e. The van der Waals surface area contributed by atoms with Crippen molar-refractivity contribution in [1.29, 1.82) is 5.26 Å². The summed E-state index contributed by atoms with van der Waals surface area (Å²) < 4.78 is 23.5. The molecule has 0 radical (unpaired) electrons. The first-order chi connectivity index (χ1) is 8.77. The van der Waals surface area contributed by atoms with Crippen molar-refractivity contribution in [1.82, 2.24) is 9.55 Å². The molecule has 1 aromatic rings. The summed E-state index contributed by atoms with van der Waals surface area (Å²) in [5, 5.41) is 8.70. The Morgan fingerprint density at radius 2 is 2.11 bits per heavy atom. The van der Waals surface area contributed by atoms with Crippen LogP contribution < -0.4 is 11.2 Å². The first-order valence-corrected chi connectivity index (χ1v) is 7.74. The summed E-state index contributed by atoms with van der Waals surface area (Å²) in [6, 6.07) is 2.03. The fourth-order valence-electron chi connectivity index (χ4n) is 1.88. The van der Waals surface area contributed by atoms with E-state index in [1.807, 2.05) is 11.1 Å². The standard InChI is InChI=1S/C10H10ClN3O4S/c11-19(17,18)7-5-14(9(16)13-8(7)15)6-10(1-2-10)3-4-12/h5H,1-3,6H2,(H,13,15,16). The Morgan fingerprint density at radius 3 is 2.58 bits per heavy atom. The maximum Gasteiger partial charge on any atom is 0.328 e. The average molecular weight is 304 g/mol.